The van der Waals surface area contributed by atoms with Crippen LogP contribution < -0.4 is 16.4 Å². The van der Waals surface area contributed by atoms with Gasteiger partial charge >= 0.3 is 0 Å². The number of carbonyl (C=O) groups is 2. The van der Waals surface area contributed by atoms with Gasteiger partial charge in [-0.3, -0.25) is 14.4 Å². The fourth-order valence-electron chi connectivity index (χ4n) is 1.00. The van der Waals surface area contributed by atoms with Crippen molar-refractivity contribution in [3.63, 3.8) is 0 Å². The van der Waals surface area contributed by atoms with Crippen LogP contribution in [-0.4, -0.2) is 37.2 Å². The summed E-state index contributed by atoms with van der Waals surface area (Å²) in [5.41, 5.74) is 5.11. The molecule has 0 aliphatic carbocycles. The third-order valence-electron chi connectivity index (χ3n) is 1.79. The first-order valence-electron chi connectivity index (χ1n) is 4.65. The van der Waals surface area contributed by atoms with Crippen molar-refractivity contribution in [2.75, 3.05) is 13.1 Å². The van der Waals surface area contributed by atoms with Crippen LogP contribution in [0.1, 0.15) is 13.8 Å². The standard InChI is InChI=1S/C9H16N3O3/c1-6(2)8(12-7(14)5-10)9(15)11-3-4-13/h6,8H,3,5,10H2,1-2H3,(H,11,15)(H,12,14). The Morgan fingerprint density at radius 3 is 2.40 bits per heavy atom. The van der Waals surface area contributed by atoms with Crippen LogP contribution in [0.2, 0.25) is 0 Å². The van der Waals surface area contributed by atoms with E-state index in [2.05, 4.69) is 10.6 Å². The van der Waals surface area contributed by atoms with Crippen LogP contribution in [0.15, 0.2) is 0 Å². The van der Waals surface area contributed by atoms with E-state index in [1.807, 2.05) is 0 Å². The molecule has 85 valence electrons. The second-order valence-corrected chi connectivity index (χ2v) is 3.36. The van der Waals surface area contributed by atoms with Crippen molar-refractivity contribution >= 4 is 18.1 Å². The normalized spacial score (nSPS) is 12.0. The fourth-order valence-corrected chi connectivity index (χ4v) is 1.00. The lowest BCUT2D eigenvalue weighted by atomic mass is 10.0. The zero-order chi connectivity index (χ0) is 11.8. The van der Waals surface area contributed by atoms with Crippen LogP contribution in [0.3, 0.4) is 0 Å². The highest BCUT2D eigenvalue weighted by Crippen LogP contribution is 2.01. The summed E-state index contributed by atoms with van der Waals surface area (Å²) in [6.07, 6.45) is 1.54. The average Bonchev–Trinajstić information content (AvgIpc) is 2.21. The van der Waals surface area contributed by atoms with Crippen molar-refractivity contribution in [1.82, 2.24) is 10.6 Å². The second-order valence-electron chi connectivity index (χ2n) is 3.36. The molecule has 0 aromatic rings. The zero-order valence-electron chi connectivity index (χ0n) is 8.87. The third-order valence-corrected chi connectivity index (χ3v) is 1.79. The van der Waals surface area contributed by atoms with Crippen molar-refractivity contribution in [2.45, 2.75) is 19.9 Å². The van der Waals surface area contributed by atoms with E-state index in [0.717, 1.165) is 0 Å². The lowest BCUT2D eigenvalue weighted by Crippen LogP contribution is -2.51. The van der Waals surface area contributed by atoms with Crippen molar-refractivity contribution in [3.8, 4) is 0 Å². The van der Waals surface area contributed by atoms with Gasteiger partial charge in [0, 0.05) is 0 Å². The molecule has 0 fully saturated rings. The molecule has 0 heterocycles. The topological polar surface area (TPSA) is 101 Å². The van der Waals surface area contributed by atoms with Gasteiger partial charge < -0.3 is 16.4 Å². The Kier molecular flexibility index (Phi) is 6.28. The summed E-state index contributed by atoms with van der Waals surface area (Å²) < 4.78 is 0. The Hall–Kier alpha value is -1.43. The molecule has 0 rings (SSSR count). The van der Waals surface area contributed by atoms with Crippen LogP contribution >= 0.6 is 0 Å². The quantitative estimate of drug-likeness (QED) is 0.491. The lowest BCUT2D eigenvalue weighted by Gasteiger charge is -2.20. The van der Waals surface area contributed by atoms with E-state index in [0.29, 0.717) is 0 Å². The van der Waals surface area contributed by atoms with Gasteiger partial charge in [-0.1, -0.05) is 13.8 Å². The summed E-state index contributed by atoms with van der Waals surface area (Å²) in [7, 11) is 0. The molecule has 0 spiro atoms. The summed E-state index contributed by atoms with van der Waals surface area (Å²) in [5.74, 6) is -0.888. The molecule has 6 nitrogen and oxygen atoms in total. The Morgan fingerprint density at radius 1 is 1.40 bits per heavy atom. The molecule has 4 N–H and O–H groups in total. The predicted octanol–water partition coefficient (Wildman–Crippen LogP) is -1.69. The third kappa shape index (κ3) is 5.11. The van der Waals surface area contributed by atoms with Crippen molar-refractivity contribution < 1.29 is 14.4 Å². The Bertz CT molecular complexity index is 241. The maximum absolute atomic E-state index is 11.4. The summed E-state index contributed by atoms with van der Waals surface area (Å²) >= 11 is 0. The largest absolute Gasteiger partial charge is 0.347 e. The van der Waals surface area contributed by atoms with Gasteiger partial charge in [0.25, 0.3) is 0 Å². The molecule has 0 bridgehead atoms. The molecule has 0 saturated carbocycles. The van der Waals surface area contributed by atoms with E-state index in [1.54, 1.807) is 20.1 Å². The summed E-state index contributed by atoms with van der Waals surface area (Å²) in [5, 5.41) is 4.79. The first-order chi connectivity index (χ1) is 7.02. The van der Waals surface area contributed by atoms with Crippen LogP contribution in [0.5, 0.6) is 0 Å². The maximum Gasteiger partial charge on any atom is 0.243 e. The summed E-state index contributed by atoms with van der Waals surface area (Å²) in [6, 6.07) is -0.672. The van der Waals surface area contributed by atoms with Gasteiger partial charge in [-0.05, 0) is 5.92 Å². The van der Waals surface area contributed by atoms with Crippen molar-refractivity contribution in [2.24, 2.45) is 11.7 Å². The Balaban J connectivity index is 4.31. The van der Waals surface area contributed by atoms with Gasteiger partial charge in [0.2, 0.25) is 18.1 Å². The summed E-state index contributed by atoms with van der Waals surface area (Å²) in [6.45, 7) is 3.22. The van der Waals surface area contributed by atoms with Crippen molar-refractivity contribution in [1.29, 1.82) is 0 Å². The van der Waals surface area contributed by atoms with Gasteiger partial charge in [-0.15, -0.1) is 0 Å². The van der Waals surface area contributed by atoms with E-state index in [9.17, 15) is 14.4 Å². The van der Waals surface area contributed by atoms with E-state index in [1.165, 1.54) is 0 Å². The molecule has 0 aliphatic heterocycles. The Labute approximate surface area is 88.6 Å². The van der Waals surface area contributed by atoms with Crippen LogP contribution in [0.4, 0.5) is 0 Å². The molecule has 1 unspecified atom stereocenters. The number of hydrogen-bond donors (Lipinski definition) is 3. The molecule has 1 radical (unpaired) electrons. The van der Waals surface area contributed by atoms with E-state index in [4.69, 9.17) is 5.73 Å². The predicted molar refractivity (Wildman–Crippen MR) is 54.5 cm³/mol. The molecule has 0 aliphatic rings. The molecular weight excluding hydrogens is 198 g/mol. The van der Waals surface area contributed by atoms with Gasteiger partial charge in [0.05, 0.1) is 13.1 Å². The van der Waals surface area contributed by atoms with Crippen LogP contribution in [0.25, 0.3) is 0 Å². The highest BCUT2D eigenvalue weighted by atomic mass is 16.2. The minimum absolute atomic E-state index is 0.0767. The number of amides is 2. The van der Waals surface area contributed by atoms with Crippen LogP contribution in [0, 0.1) is 5.92 Å². The fraction of sp³-hybridized carbons (Fsp3) is 0.667. The minimum Gasteiger partial charge on any atom is -0.347 e. The molecule has 0 aromatic heterocycles. The number of rotatable bonds is 6. The van der Waals surface area contributed by atoms with E-state index >= 15 is 0 Å². The number of hydrogen-bond acceptors (Lipinski definition) is 4. The molecule has 0 saturated heterocycles. The van der Waals surface area contributed by atoms with Gasteiger partial charge in [0.1, 0.15) is 6.04 Å². The van der Waals surface area contributed by atoms with Gasteiger partial charge in [-0.25, -0.2) is 0 Å². The first-order valence-corrected chi connectivity index (χ1v) is 4.65. The Morgan fingerprint density at radius 2 is 2.00 bits per heavy atom. The molecule has 15 heavy (non-hydrogen) atoms. The maximum atomic E-state index is 11.4. The number of nitrogens with one attached hydrogen (secondary N) is 2. The smallest absolute Gasteiger partial charge is 0.243 e. The number of nitrogens with two attached hydrogens (primary N) is 1. The van der Waals surface area contributed by atoms with E-state index < -0.39 is 17.9 Å². The zero-order valence-corrected chi connectivity index (χ0v) is 8.87. The SMILES string of the molecule is CC(C)C(NC(=O)CN)C(=O)NC[C]=O. The lowest BCUT2D eigenvalue weighted by molar-refractivity contribution is -0.129. The average molecular weight is 214 g/mol. The monoisotopic (exact) mass is 214 g/mol. The molecule has 0 aromatic carbocycles. The summed E-state index contributed by atoms with van der Waals surface area (Å²) in [4.78, 5) is 32.4. The van der Waals surface area contributed by atoms with Crippen molar-refractivity contribution in [3.05, 3.63) is 0 Å². The number of carbonyl (C=O) groups excluding carboxylic acids is 3. The van der Waals surface area contributed by atoms with E-state index in [-0.39, 0.29) is 19.0 Å². The van der Waals surface area contributed by atoms with Gasteiger partial charge in [-0.2, -0.15) is 0 Å². The molecule has 6 heteroatoms. The second kappa shape index (κ2) is 6.94. The molecular formula is C9H16N3O3. The molecule has 1 atom stereocenters. The highest BCUT2D eigenvalue weighted by Gasteiger charge is 2.22. The molecule has 2 amide bonds. The van der Waals surface area contributed by atoms with Crippen LogP contribution in [-0.2, 0) is 14.4 Å². The van der Waals surface area contributed by atoms with Gasteiger partial charge in [0.15, 0.2) is 0 Å². The minimum atomic E-state index is -0.672. The highest BCUT2D eigenvalue weighted by molar-refractivity contribution is 5.89. The first kappa shape index (κ1) is 13.6.